The first-order valence-electron chi connectivity index (χ1n) is 13.1. The van der Waals surface area contributed by atoms with Gasteiger partial charge in [-0.3, -0.25) is 9.36 Å². The molecule has 10 nitrogen and oxygen atoms in total. The molecule has 0 saturated heterocycles. The van der Waals surface area contributed by atoms with Crippen LogP contribution in [0.5, 0.6) is 5.75 Å². The monoisotopic (exact) mass is 667 g/mol. The highest BCUT2D eigenvalue weighted by atomic mass is 35.5. The molecule has 1 atom stereocenters. The number of carbonyl (C=O) groups excluding carboxylic acids is 1. The number of carbonyl (C=O) groups is 1. The molecule has 3 aromatic rings. The molecular weight excluding hydrogens is 637 g/mol. The van der Waals surface area contributed by atoms with Crippen molar-refractivity contribution in [3.05, 3.63) is 99.9 Å². The lowest BCUT2D eigenvalue weighted by atomic mass is 9.92. The summed E-state index contributed by atoms with van der Waals surface area (Å²) in [5.41, 5.74) is -0.299. The second kappa shape index (κ2) is 12.3. The number of hydrogen-bond donors (Lipinski definition) is 1. The molecule has 0 aromatic heterocycles. The van der Waals surface area contributed by atoms with E-state index in [4.69, 9.17) is 25.4 Å². The number of allylic oxidation sites excluding steroid dienone is 1. The Morgan fingerprint density at radius 3 is 1.88 bits per heavy atom. The van der Waals surface area contributed by atoms with Gasteiger partial charge in [-0.05, 0) is 82.3 Å². The number of halogens is 1. The molecule has 0 radical (unpaired) electrons. The molecule has 230 valence electrons. The van der Waals surface area contributed by atoms with Crippen LogP contribution in [0, 0.1) is 0 Å². The Hall–Kier alpha value is -2.83. The third-order valence-electron chi connectivity index (χ3n) is 6.35. The number of fused-ring (bicyclic) bond motifs is 1. The highest BCUT2D eigenvalue weighted by Gasteiger charge is 2.59. The van der Waals surface area contributed by atoms with E-state index in [1.54, 1.807) is 27.7 Å². The first-order valence-corrected chi connectivity index (χ1v) is 18.0. The molecule has 3 aromatic carbocycles. The van der Waals surface area contributed by atoms with E-state index in [0.717, 1.165) is 6.08 Å². The Kier molecular flexibility index (Phi) is 9.44. The molecule has 0 bridgehead atoms. The molecule has 0 saturated carbocycles. The second-order valence-electron chi connectivity index (χ2n) is 10.2. The average Bonchev–Trinajstić information content (AvgIpc) is 2.93. The van der Waals surface area contributed by atoms with Gasteiger partial charge in [0.25, 0.3) is 0 Å². The Balaban J connectivity index is 2.11. The number of ether oxygens (including phenoxy) is 1. The summed E-state index contributed by atoms with van der Waals surface area (Å²) in [4.78, 5) is 12.5. The average molecular weight is 668 g/mol. The third kappa shape index (κ3) is 6.37. The molecule has 0 fully saturated rings. The van der Waals surface area contributed by atoms with Gasteiger partial charge in [-0.25, -0.2) is 16.8 Å². The summed E-state index contributed by atoms with van der Waals surface area (Å²) < 4.78 is 90.5. The van der Waals surface area contributed by atoms with Gasteiger partial charge in [-0.1, -0.05) is 35.9 Å². The van der Waals surface area contributed by atoms with Crippen molar-refractivity contribution < 1.29 is 40.0 Å². The summed E-state index contributed by atoms with van der Waals surface area (Å²) in [6.45, 7) is 6.27. The number of benzene rings is 3. The van der Waals surface area contributed by atoms with E-state index in [-0.39, 0.29) is 25.9 Å². The fraction of sp³-hybridized carbons (Fsp3) is 0.276. The van der Waals surface area contributed by atoms with Gasteiger partial charge in [0.2, 0.25) is 25.6 Å². The maximum Gasteiger partial charge on any atom is 0.360 e. The number of methoxy groups -OCH3 is 1. The first kappa shape index (κ1) is 33.1. The molecule has 1 aliphatic rings. The van der Waals surface area contributed by atoms with Crippen LogP contribution in [0.15, 0.2) is 93.6 Å². The highest BCUT2D eigenvalue weighted by Crippen LogP contribution is 2.68. The molecule has 4 rings (SSSR count). The third-order valence-corrected chi connectivity index (χ3v) is 12.8. The molecule has 1 unspecified atom stereocenters. The van der Waals surface area contributed by atoms with E-state index in [1.807, 2.05) is 0 Å². The number of ketones is 1. The normalized spacial score (nSPS) is 17.6. The van der Waals surface area contributed by atoms with Crippen molar-refractivity contribution >= 4 is 44.8 Å². The van der Waals surface area contributed by atoms with Gasteiger partial charge in [0.15, 0.2) is 5.28 Å². The van der Waals surface area contributed by atoms with Crippen LogP contribution in [0.3, 0.4) is 0 Å². The smallest absolute Gasteiger partial charge is 0.360 e. The summed E-state index contributed by atoms with van der Waals surface area (Å²) in [6, 6.07) is 16.2. The van der Waals surface area contributed by atoms with E-state index >= 15 is 4.57 Å². The maximum atomic E-state index is 15.1. The Bertz CT molecular complexity index is 1810. The number of sulfonamides is 1. The van der Waals surface area contributed by atoms with Crippen molar-refractivity contribution in [2.75, 3.05) is 7.11 Å². The molecular formula is C29H31ClNO9PS2. The quantitative estimate of drug-likeness (QED) is 0.241. The van der Waals surface area contributed by atoms with Crippen LogP contribution in [0.1, 0.15) is 43.6 Å². The van der Waals surface area contributed by atoms with Crippen molar-refractivity contribution in [2.45, 2.75) is 55.0 Å². The van der Waals surface area contributed by atoms with Crippen molar-refractivity contribution in [1.29, 1.82) is 0 Å². The van der Waals surface area contributed by atoms with Gasteiger partial charge in [0, 0.05) is 16.1 Å². The van der Waals surface area contributed by atoms with Crippen molar-refractivity contribution in [3.63, 3.8) is 0 Å². The van der Waals surface area contributed by atoms with E-state index in [0.29, 0.717) is 5.75 Å². The van der Waals surface area contributed by atoms with E-state index in [2.05, 4.69) is 4.72 Å². The molecule has 0 heterocycles. The van der Waals surface area contributed by atoms with Crippen LogP contribution in [0.4, 0.5) is 0 Å². The number of rotatable bonds is 11. The molecule has 0 spiro atoms. The lowest BCUT2D eigenvalue weighted by molar-refractivity contribution is 0.103. The van der Waals surface area contributed by atoms with E-state index in [9.17, 15) is 21.6 Å². The molecule has 0 amide bonds. The molecule has 43 heavy (non-hydrogen) atoms. The summed E-state index contributed by atoms with van der Waals surface area (Å²) in [5, 5.41) is -2.24. The largest absolute Gasteiger partial charge is 0.497 e. The van der Waals surface area contributed by atoms with Crippen LogP contribution in [0.25, 0.3) is 0 Å². The fourth-order valence-corrected chi connectivity index (χ4v) is 10.5. The first-order chi connectivity index (χ1) is 20.1. The predicted octanol–water partition coefficient (Wildman–Crippen LogP) is 6.08. The standard InChI is InChI=1S/C29H31ClNO9PS2/c1-19(2)39-41(33,40-20(3)4)29(31-43(36,37)24-16-12-22(38-5)13-17-24)18-27(28(32)25-8-6-7-9-26(25)29)42(34,35)23-14-10-21(30)11-15-23/h6-20,31H,1-5H3. The zero-order chi connectivity index (χ0) is 31.8. The van der Waals surface area contributed by atoms with Crippen LogP contribution < -0.4 is 9.46 Å². The van der Waals surface area contributed by atoms with Crippen LogP contribution in [0.2, 0.25) is 5.02 Å². The number of Topliss-reactive ketones (excluding diaryl/α,β-unsaturated/α-hetero) is 1. The fourth-order valence-electron chi connectivity index (χ4n) is 4.55. The Labute approximate surface area is 256 Å². The highest BCUT2D eigenvalue weighted by molar-refractivity contribution is 7.96. The number of sulfone groups is 1. The van der Waals surface area contributed by atoms with Crippen LogP contribution in [-0.2, 0) is 38.8 Å². The van der Waals surface area contributed by atoms with Gasteiger partial charge in [-0.15, -0.1) is 0 Å². The van der Waals surface area contributed by atoms with Crippen molar-refractivity contribution in [3.8, 4) is 5.75 Å². The number of hydrogen-bond acceptors (Lipinski definition) is 9. The Morgan fingerprint density at radius 2 is 1.35 bits per heavy atom. The minimum absolute atomic E-state index is 0.100. The minimum Gasteiger partial charge on any atom is -0.497 e. The summed E-state index contributed by atoms with van der Waals surface area (Å²) >= 11 is 5.96. The zero-order valence-electron chi connectivity index (χ0n) is 24.0. The molecule has 1 N–H and O–H groups in total. The summed E-state index contributed by atoms with van der Waals surface area (Å²) in [5.74, 6) is -0.541. The second-order valence-corrected chi connectivity index (χ2v) is 16.4. The Morgan fingerprint density at radius 1 is 0.814 bits per heavy atom. The van der Waals surface area contributed by atoms with Crippen LogP contribution in [-0.4, -0.2) is 41.9 Å². The van der Waals surface area contributed by atoms with Crippen molar-refractivity contribution in [2.24, 2.45) is 0 Å². The predicted molar refractivity (Wildman–Crippen MR) is 163 cm³/mol. The SMILES string of the molecule is COc1ccc(S(=O)(=O)NC2(P(=O)(OC(C)C)OC(C)C)C=C(S(=O)(=O)c3ccc(Cl)cc3)C(=O)c3ccccc32)cc1. The molecule has 0 aliphatic heterocycles. The lowest BCUT2D eigenvalue weighted by Gasteiger charge is -2.42. The summed E-state index contributed by atoms with van der Waals surface area (Å²) in [6.07, 6.45) is -0.711. The van der Waals surface area contributed by atoms with Crippen molar-refractivity contribution in [1.82, 2.24) is 4.72 Å². The van der Waals surface area contributed by atoms with Gasteiger partial charge in [0.05, 0.1) is 29.1 Å². The van der Waals surface area contributed by atoms with Gasteiger partial charge < -0.3 is 13.8 Å². The minimum atomic E-state index is -4.76. The maximum absolute atomic E-state index is 15.1. The van der Waals surface area contributed by atoms with E-state index in [1.165, 1.54) is 79.9 Å². The van der Waals surface area contributed by atoms with Gasteiger partial charge in [-0.2, -0.15) is 4.72 Å². The molecule has 14 heteroatoms. The van der Waals surface area contributed by atoms with Crippen LogP contribution >= 0.6 is 19.2 Å². The zero-order valence-corrected chi connectivity index (χ0v) is 27.3. The van der Waals surface area contributed by atoms with Gasteiger partial charge >= 0.3 is 7.60 Å². The topological polar surface area (TPSA) is 142 Å². The molecule has 1 aliphatic carbocycles. The number of nitrogens with one attached hydrogen (secondary N) is 1. The summed E-state index contributed by atoms with van der Waals surface area (Å²) in [7, 11) is -12.6. The van der Waals surface area contributed by atoms with E-state index < -0.39 is 55.6 Å². The van der Waals surface area contributed by atoms with Gasteiger partial charge in [0.1, 0.15) is 10.7 Å². The lowest BCUT2D eigenvalue weighted by Crippen LogP contribution is -2.49.